The third-order valence-corrected chi connectivity index (χ3v) is 2.14. The molecule has 15 heavy (non-hydrogen) atoms. The molecule has 4 N–H and O–H groups in total. The van der Waals surface area contributed by atoms with Crippen molar-refractivity contribution in [3.8, 4) is 0 Å². The van der Waals surface area contributed by atoms with Crippen LogP contribution < -0.4 is 5.32 Å². The monoisotopic (exact) mass is 276 g/mol. The SMILES string of the molecule is O=C(N[C@H](CO)C(=O)O)c1cc(Br)c[nH]1. The highest BCUT2D eigenvalue weighted by Crippen LogP contribution is 2.10. The van der Waals surface area contributed by atoms with Crippen molar-refractivity contribution in [3.63, 3.8) is 0 Å². The molecule has 1 atom stereocenters. The van der Waals surface area contributed by atoms with E-state index < -0.39 is 24.5 Å². The molecule has 0 bridgehead atoms. The molecule has 0 saturated carbocycles. The van der Waals surface area contributed by atoms with Gasteiger partial charge in [0.25, 0.3) is 5.91 Å². The number of aliphatic hydroxyl groups is 1. The summed E-state index contributed by atoms with van der Waals surface area (Å²) in [5, 5.41) is 19.4. The van der Waals surface area contributed by atoms with Gasteiger partial charge < -0.3 is 20.5 Å². The van der Waals surface area contributed by atoms with Crippen molar-refractivity contribution in [2.75, 3.05) is 6.61 Å². The highest BCUT2D eigenvalue weighted by atomic mass is 79.9. The van der Waals surface area contributed by atoms with Gasteiger partial charge in [-0.15, -0.1) is 0 Å². The van der Waals surface area contributed by atoms with Crippen molar-refractivity contribution in [2.24, 2.45) is 0 Å². The third kappa shape index (κ3) is 3.07. The van der Waals surface area contributed by atoms with Gasteiger partial charge in [-0.1, -0.05) is 0 Å². The molecule has 1 aromatic heterocycles. The number of rotatable bonds is 4. The lowest BCUT2D eigenvalue weighted by Crippen LogP contribution is -2.43. The highest BCUT2D eigenvalue weighted by molar-refractivity contribution is 9.10. The number of carboxylic acid groups (broad SMARTS) is 1. The summed E-state index contributed by atoms with van der Waals surface area (Å²) in [5.41, 5.74) is 0.224. The lowest BCUT2D eigenvalue weighted by Gasteiger charge is -2.10. The van der Waals surface area contributed by atoms with Crippen molar-refractivity contribution in [2.45, 2.75) is 6.04 Å². The first kappa shape index (κ1) is 11.7. The number of carbonyl (C=O) groups is 2. The molecule has 0 saturated heterocycles. The number of carboxylic acids is 1. The largest absolute Gasteiger partial charge is 0.480 e. The lowest BCUT2D eigenvalue weighted by molar-refractivity contribution is -0.140. The van der Waals surface area contributed by atoms with E-state index in [1.165, 1.54) is 6.07 Å². The molecule has 0 fully saturated rings. The van der Waals surface area contributed by atoms with E-state index in [9.17, 15) is 9.59 Å². The molecule has 0 aromatic carbocycles. The lowest BCUT2D eigenvalue weighted by atomic mass is 10.3. The van der Waals surface area contributed by atoms with E-state index in [-0.39, 0.29) is 5.69 Å². The first-order valence-corrected chi connectivity index (χ1v) is 4.82. The second-order valence-corrected chi connectivity index (χ2v) is 3.69. The summed E-state index contributed by atoms with van der Waals surface area (Å²) in [4.78, 5) is 24.5. The molecule has 1 heterocycles. The Balaban J connectivity index is 2.66. The first-order valence-electron chi connectivity index (χ1n) is 4.03. The Hall–Kier alpha value is -1.34. The maximum Gasteiger partial charge on any atom is 0.328 e. The summed E-state index contributed by atoms with van der Waals surface area (Å²) in [7, 11) is 0. The van der Waals surface area contributed by atoms with Crippen LogP contribution in [0.3, 0.4) is 0 Å². The van der Waals surface area contributed by atoms with Crippen molar-refractivity contribution in [3.05, 3.63) is 22.4 Å². The minimum Gasteiger partial charge on any atom is -0.480 e. The second kappa shape index (κ2) is 4.94. The number of halogens is 1. The fourth-order valence-electron chi connectivity index (χ4n) is 0.920. The number of hydrogen-bond acceptors (Lipinski definition) is 3. The topological polar surface area (TPSA) is 102 Å². The highest BCUT2D eigenvalue weighted by Gasteiger charge is 2.19. The van der Waals surface area contributed by atoms with Gasteiger partial charge in [-0.3, -0.25) is 4.79 Å². The van der Waals surface area contributed by atoms with Gasteiger partial charge in [-0.05, 0) is 22.0 Å². The molecule has 6 nitrogen and oxygen atoms in total. The van der Waals surface area contributed by atoms with Gasteiger partial charge in [-0.25, -0.2) is 4.79 Å². The molecule has 1 rings (SSSR count). The molecular weight excluding hydrogens is 268 g/mol. The maximum atomic E-state index is 11.4. The standard InChI is InChI=1S/C8H9BrN2O4/c9-4-1-5(10-2-4)7(13)11-6(3-12)8(14)15/h1-2,6,10,12H,3H2,(H,11,13)(H,14,15)/t6-/m1/s1. The average molecular weight is 277 g/mol. The summed E-state index contributed by atoms with van der Waals surface area (Å²) < 4.78 is 0.684. The van der Waals surface area contributed by atoms with Gasteiger partial charge in [0.05, 0.1) is 6.61 Å². The molecule has 7 heteroatoms. The Kier molecular flexibility index (Phi) is 3.87. The number of amides is 1. The van der Waals surface area contributed by atoms with Gasteiger partial charge in [0.15, 0.2) is 6.04 Å². The van der Waals surface area contributed by atoms with Gasteiger partial charge in [-0.2, -0.15) is 0 Å². The van der Waals surface area contributed by atoms with E-state index in [2.05, 4.69) is 26.2 Å². The number of carbonyl (C=O) groups excluding carboxylic acids is 1. The van der Waals surface area contributed by atoms with E-state index in [1.807, 2.05) is 0 Å². The summed E-state index contributed by atoms with van der Waals surface area (Å²) in [5.74, 6) is -1.86. The number of hydrogen-bond donors (Lipinski definition) is 4. The van der Waals surface area contributed by atoms with Crippen LogP contribution in [0.15, 0.2) is 16.7 Å². The predicted molar refractivity (Wildman–Crippen MR) is 54.5 cm³/mol. The molecular formula is C8H9BrN2O4. The normalized spacial score (nSPS) is 12.1. The molecule has 0 spiro atoms. The molecule has 82 valence electrons. The smallest absolute Gasteiger partial charge is 0.328 e. The fourth-order valence-corrected chi connectivity index (χ4v) is 1.26. The minimum atomic E-state index is -1.29. The summed E-state index contributed by atoms with van der Waals surface area (Å²) in [6, 6.07) is 0.214. The number of nitrogens with one attached hydrogen (secondary N) is 2. The van der Waals surface area contributed by atoms with Crippen LogP contribution in [0.1, 0.15) is 10.5 Å². The van der Waals surface area contributed by atoms with E-state index >= 15 is 0 Å². The van der Waals surface area contributed by atoms with Crippen LogP contribution in [0.4, 0.5) is 0 Å². The van der Waals surface area contributed by atoms with Crippen LogP contribution in [0, 0.1) is 0 Å². The van der Waals surface area contributed by atoms with E-state index in [4.69, 9.17) is 10.2 Å². The minimum absolute atomic E-state index is 0.224. The Labute approximate surface area is 93.4 Å². The zero-order chi connectivity index (χ0) is 11.4. The second-order valence-electron chi connectivity index (χ2n) is 2.78. The molecule has 0 radical (unpaired) electrons. The molecule has 1 aromatic rings. The maximum absolute atomic E-state index is 11.4. The van der Waals surface area contributed by atoms with Crippen LogP contribution in [0.2, 0.25) is 0 Å². The summed E-state index contributed by atoms with van der Waals surface area (Å²) >= 11 is 3.14. The van der Waals surface area contributed by atoms with Crippen LogP contribution >= 0.6 is 15.9 Å². The van der Waals surface area contributed by atoms with Crippen LogP contribution in [-0.4, -0.2) is 39.7 Å². The molecule has 1 amide bonds. The van der Waals surface area contributed by atoms with Gasteiger partial charge >= 0.3 is 5.97 Å². The summed E-state index contributed by atoms with van der Waals surface area (Å²) in [6.07, 6.45) is 1.55. The average Bonchev–Trinajstić information content (AvgIpc) is 2.60. The number of H-pyrrole nitrogens is 1. The Morgan fingerprint density at radius 1 is 1.60 bits per heavy atom. The fraction of sp³-hybridized carbons (Fsp3) is 0.250. The van der Waals surface area contributed by atoms with Crippen LogP contribution in [0.5, 0.6) is 0 Å². The van der Waals surface area contributed by atoms with Crippen molar-refractivity contribution in [1.82, 2.24) is 10.3 Å². The van der Waals surface area contributed by atoms with Crippen molar-refractivity contribution >= 4 is 27.8 Å². The number of aromatic amines is 1. The molecule has 0 aliphatic heterocycles. The third-order valence-electron chi connectivity index (χ3n) is 1.68. The molecule has 0 aliphatic rings. The van der Waals surface area contributed by atoms with E-state index in [1.54, 1.807) is 6.20 Å². The Morgan fingerprint density at radius 2 is 2.27 bits per heavy atom. The van der Waals surface area contributed by atoms with Crippen LogP contribution in [-0.2, 0) is 4.79 Å². The number of aliphatic carboxylic acids is 1. The van der Waals surface area contributed by atoms with Crippen molar-refractivity contribution in [1.29, 1.82) is 0 Å². The van der Waals surface area contributed by atoms with Gasteiger partial charge in [0.1, 0.15) is 5.69 Å². The van der Waals surface area contributed by atoms with Gasteiger partial charge in [0.2, 0.25) is 0 Å². The Bertz CT molecular complexity index is 376. The number of aromatic nitrogens is 1. The summed E-state index contributed by atoms with van der Waals surface area (Å²) in [6.45, 7) is -0.650. The van der Waals surface area contributed by atoms with Crippen LogP contribution in [0.25, 0.3) is 0 Å². The zero-order valence-electron chi connectivity index (χ0n) is 7.53. The van der Waals surface area contributed by atoms with Gasteiger partial charge in [0, 0.05) is 10.7 Å². The zero-order valence-corrected chi connectivity index (χ0v) is 9.11. The molecule has 0 aliphatic carbocycles. The van der Waals surface area contributed by atoms with E-state index in [0.717, 1.165) is 0 Å². The van der Waals surface area contributed by atoms with E-state index in [0.29, 0.717) is 4.47 Å². The molecule has 0 unspecified atom stereocenters. The first-order chi connectivity index (χ1) is 7.04. The predicted octanol–water partition coefficient (Wildman–Crippen LogP) is -0.0475. The quantitative estimate of drug-likeness (QED) is 0.619. The van der Waals surface area contributed by atoms with Crippen molar-refractivity contribution < 1.29 is 19.8 Å². The number of aliphatic hydroxyl groups excluding tert-OH is 1. The Morgan fingerprint density at radius 3 is 2.67 bits per heavy atom.